The first kappa shape index (κ1) is 22.8. The minimum atomic E-state index is 0.243. The number of hydrogen-bond donors (Lipinski definition) is 2. The number of morpholine rings is 1. The Labute approximate surface area is 181 Å². The van der Waals surface area contributed by atoms with Crippen LogP contribution in [-0.2, 0) is 16.0 Å². The van der Waals surface area contributed by atoms with Crippen LogP contribution in [0, 0.1) is 0 Å². The van der Waals surface area contributed by atoms with E-state index in [1.165, 1.54) is 38.5 Å². The molecule has 2 aliphatic rings. The molecule has 1 saturated heterocycles. The number of anilines is 1. The highest BCUT2D eigenvalue weighted by Crippen LogP contribution is 2.19. The lowest BCUT2D eigenvalue weighted by Crippen LogP contribution is -2.41. The van der Waals surface area contributed by atoms with Gasteiger partial charge in [0.15, 0.2) is 5.96 Å². The number of hydrogen-bond acceptors (Lipinski definition) is 5. The van der Waals surface area contributed by atoms with Gasteiger partial charge in [0.1, 0.15) is 5.82 Å². The van der Waals surface area contributed by atoms with E-state index in [0.717, 1.165) is 56.7 Å². The number of aromatic nitrogens is 1. The Hall–Kier alpha value is -1.86. The van der Waals surface area contributed by atoms with Gasteiger partial charge >= 0.3 is 0 Å². The third kappa shape index (κ3) is 7.76. The molecule has 1 unspecified atom stereocenters. The van der Waals surface area contributed by atoms with Crippen molar-refractivity contribution in [1.29, 1.82) is 0 Å². The number of nitrogens with one attached hydrogen (secondary N) is 2. The van der Waals surface area contributed by atoms with Crippen LogP contribution in [0.5, 0.6) is 0 Å². The van der Waals surface area contributed by atoms with Gasteiger partial charge in [-0.3, -0.25) is 0 Å². The fourth-order valence-electron chi connectivity index (χ4n) is 4.07. The van der Waals surface area contributed by atoms with E-state index in [2.05, 4.69) is 40.4 Å². The van der Waals surface area contributed by atoms with E-state index in [4.69, 9.17) is 14.5 Å². The number of rotatable bonds is 8. The van der Waals surface area contributed by atoms with Crippen molar-refractivity contribution in [1.82, 2.24) is 15.6 Å². The van der Waals surface area contributed by atoms with E-state index < -0.39 is 0 Å². The molecule has 0 spiro atoms. The lowest BCUT2D eigenvalue weighted by molar-refractivity contribution is 0.0468. The van der Waals surface area contributed by atoms with E-state index in [9.17, 15) is 0 Å². The van der Waals surface area contributed by atoms with Crippen molar-refractivity contribution >= 4 is 11.8 Å². The van der Waals surface area contributed by atoms with Crippen LogP contribution in [0.2, 0.25) is 0 Å². The van der Waals surface area contributed by atoms with Crippen molar-refractivity contribution in [3.63, 3.8) is 0 Å². The Kier molecular flexibility index (Phi) is 9.70. The maximum atomic E-state index is 6.08. The predicted octanol–water partition coefficient (Wildman–Crippen LogP) is 3.10. The predicted molar refractivity (Wildman–Crippen MR) is 122 cm³/mol. The van der Waals surface area contributed by atoms with Gasteiger partial charge in [0, 0.05) is 32.4 Å². The summed E-state index contributed by atoms with van der Waals surface area (Å²) in [4.78, 5) is 11.6. The summed E-state index contributed by atoms with van der Waals surface area (Å²) < 4.78 is 11.7. The van der Waals surface area contributed by atoms with Crippen LogP contribution in [-0.4, -0.2) is 62.5 Å². The lowest BCUT2D eigenvalue weighted by atomic mass is 10.1. The van der Waals surface area contributed by atoms with Gasteiger partial charge < -0.3 is 25.0 Å². The van der Waals surface area contributed by atoms with Gasteiger partial charge in [-0.2, -0.15) is 0 Å². The van der Waals surface area contributed by atoms with Crippen LogP contribution < -0.4 is 15.5 Å². The monoisotopic (exact) mass is 417 g/mol. The average Bonchev–Trinajstić information content (AvgIpc) is 3.04. The summed E-state index contributed by atoms with van der Waals surface area (Å²) in [6.45, 7) is 9.66. The van der Waals surface area contributed by atoms with Crippen molar-refractivity contribution in [2.24, 2.45) is 4.99 Å². The maximum Gasteiger partial charge on any atom is 0.191 e. The minimum Gasteiger partial charge on any atom is -0.376 e. The van der Waals surface area contributed by atoms with E-state index >= 15 is 0 Å². The highest BCUT2D eigenvalue weighted by Gasteiger charge is 2.18. The minimum absolute atomic E-state index is 0.243. The molecule has 0 bridgehead atoms. The second-order valence-corrected chi connectivity index (χ2v) is 8.26. The Balaban J connectivity index is 1.47. The van der Waals surface area contributed by atoms with Gasteiger partial charge in [-0.25, -0.2) is 9.98 Å². The molecular formula is C23H39N5O2. The number of aliphatic imine (C=N–C) groups is 1. The number of pyridine rings is 1. The smallest absolute Gasteiger partial charge is 0.191 e. The summed E-state index contributed by atoms with van der Waals surface area (Å²) in [7, 11) is 0. The molecule has 1 aromatic heterocycles. The van der Waals surface area contributed by atoms with Gasteiger partial charge in [0.2, 0.25) is 0 Å². The van der Waals surface area contributed by atoms with E-state index in [1.54, 1.807) is 0 Å². The zero-order chi connectivity index (χ0) is 21.0. The number of guanidine groups is 1. The Morgan fingerprint density at radius 1 is 1.27 bits per heavy atom. The molecule has 30 heavy (non-hydrogen) atoms. The highest BCUT2D eigenvalue weighted by molar-refractivity contribution is 5.79. The normalized spacial score (nSPS) is 21.3. The molecule has 1 atom stereocenters. The molecule has 2 fully saturated rings. The molecule has 7 nitrogen and oxygen atoms in total. The highest BCUT2D eigenvalue weighted by atomic mass is 16.5. The van der Waals surface area contributed by atoms with Crippen LogP contribution in [0.4, 0.5) is 5.82 Å². The van der Waals surface area contributed by atoms with Gasteiger partial charge in [-0.15, -0.1) is 0 Å². The average molecular weight is 418 g/mol. The number of nitrogens with zero attached hydrogens (tertiary/aromatic N) is 3. The Morgan fingerprint density at radius 3 is 2.87 bits per heavy atom. The van der Waals surface area contributed by atoms with E-state index in [-0.39, 0.29) is 6.10 Å². The Bertz CT molecular complexity index is 646. The molecule has 0 radical (unpaired) electrons. The summed E-state index contributed by atoms with van der Waals surface area (Å²) in [5, 5.41) is 6.73. The quantitative estimate of drug-likeness (QED) is 0.293. The largest absolute Gasteiger partial charge is 0.376 e. The van der Waals surface area contributed by atoms with Gasteiger partial charge in [0.05, 0.1) is 32.0 Å². The molecular weight excluding hydrogens is 378 g/mol. The second kappa shape index (κ2) is 12.7. The summed E-state index contributed by atoms with van der Waals surface area (Å²) in [6.07, 6.45) is 10.3. The van der Waals surface area contributed by atoms with Crippen LogP contribution in [0.1, 0.15) is 57.9 Å². The molecule has 7 heteroatoms. The third-order valence-electron chi connectivity index (χ3n) is 5.69. The van der Waals surface area contributed by atoms with Crippen molar-refractivity contribution in [3.05, 3.63) is 23.9 Å². The SMILES string of the molecule is CCNC(=NCc1ccnc(N2CCOC(C)C2)c1)NCCOC1CCCCCC1. The fourth-order valence-corrected chi connectivity index (χ4v) is 4.07. The standard InChI is InChI=1S/C23H39N5O2/c1-3-24-23(26-12-14-30-21-8-6-4-5-7-9-21)27-17-20-10-11-25-22(16-20)28-13-15-29-19(2)18-28/h10-11,16,19,21H,3-9,12-15,17-18H2,1-2H3,(H2,24,26,27). The van der Waals surface area contributed by atoms with E-state index in [1.807, 2.05) is 12.3 Å². The van der Waals surface area contributed by atoms with Crippen molar-refractivity contribution < 1.29 is 9.47 Å². The van der Waals surface area contributed by atoms with Gasteiger partial charge in [-0.05, 0) is 44.4 Å². The molecule has 1 aliphatic heterocycles. The van der Waals surface area contributed by atoms with Crippen molar-refractivity contribution in [3.8, 4) is 0 Å². The first-order chi connectivity index (χ1) is 14.7. The molecule has 2 heterocycles. The zero-order valence-corrected chi connectivity index (χ0v) is 18.7. The molecule has 1 saturated carbocycles. The van der Waals surface area contributed by atoms with Crippen LogP contribution >= 0.6 is 0 Å². The molecule has 2 N–H and O–H groups in total. The van der Waals surface area contributed by atoms with E-state index in [0.29, 0.717) is 12.6 Å². The van der Waals surface area contributed by atoms with Gasteiger partial charge in [-0.1, -0.05) is 25.7 Å². The van der Waals surface area contributed by atoms with Crippen LogP contribution in [0.15, 0.2) is 23.3 Å². The molecule has 1 aromatic rings. The summed E-state index contributed by atoms with van der Waals surface area (Å²) >= 11 is 0. The Morgan fingerprint density at radius 2 is 2.10 bits per heavy atom. The maximum absolute atomic E-state index is 6.08. The first-order valence-electron chi connectivity index (χ1n) is 11.7. The van der Waals surface area contributed by atoms with Crippen molar-refractivity contribution in [2.75, 3.05) is 44.3 Å². The molecule has 3 rings (SSSR count). The lowest BCUT2D eigenvalue weighted by Gasteiger charge is -2.32. The van der Waals surface area contributed by atoms with Gasteiger partial charge in [0.25, 0.3) is 0 Å². The molecule has 1 aliphatic carbocycles. The van der Waals surface area contributed by atoms with Crippen LogP contribution in [0.25, 0.3) is 0 Å². The molecule has 0 aromatic carbocycles. The first-order valence-corrected chi connectivity index (χ1v) is 11.7. The molecule has 168 valence electrons. The topological polar surface area (TPSA) is 71.0 Å². The second-order valence-electron chi connectivity index (χ2n) is 8.26. The number of ether oxygens (including phenoxy) is 2. The third-order valence-corrected chi connectivity index (χ3v) is 5.69. The van der Waals surface area contributed by atoms with Crippen molar-refractivity contribution in [2.45, 2.75) is 71.1 Å². The fraction of sp³-hybridized carbons (Fsp3) is 0.739. The summed E-state index contributed by atoms with van der Waals surface area (Å²) in [6, 6.07) is 4.18. The molecule has 0 amide bonds. The zero-order valence-electron chi connectivity index (χ0n) is 18.7. The van der Waals surface area contributed by atoms with Crippen LogP contribution in [0.3, 0.4) is 0 Å². The summed E-state index contributed by atoms with van der Waals surface area (Å²) in [5.74, 6) is 1.84. The summed E-state index contributed by atoms with van der Waals surface area (Å²) in [5.41, 5.74) is 1.16.